The lowest BCUT2D eigenvalue weighted by molar-refractivity contribution is -0.137. The highest BCUT2D eigenvalue weighted by Gasteiger charge is 2.30. The molecule has 1 fully saturated rings. The molecule has 9 heteroatoms. The highest BCUT2D eigenvalue weighted by molar-refractivity contribution is 5.90. The number of rotatable bonds is 7. The van der Waals surface area contributed by atoms with Crippen LogP contribution in [0, 0.1) is 5.92 Å². The van der Waals surface area contributed by atoms with Gasteiger partial charge in [0.05, 0.1) is 5.56 Å². The summed E-state index contributed by atoms with van der Waals surface area (Å²) < 4.78 is 39.7. The van der Waals surface area contributed by atoms with E-state index in [1.54, 1.807) is 12.7 Å². The standard InChI is InChI=1S/C19H24F3N5O/c20-19(21,22)16-4-6-17(7-5-16)25-18(28)8-3-15-2-1-9-26(12-15)10-11-27-13-23-24-14-27/h4-7,13-15H,1-3,8-12H2,(H,25,28)/t15-/m0/s1. The first-order chi connectivity index (χ1) is 13.4. The number of amides is 1. The van der Waals surface area contributed by atoms with Crippen molar-refractivity contribution in [3.05, 3.63) is 42.5 Å². The van der Waals surface area contributed by atoms with Gasteiger partial charge in [-0.2, -0.15) is 13.2 Å². The molecule has 0 bridgehead atoms. The number of benzene rings is 1. The van der Waals surface area contributed by atoms with Gasteiger partial charge in [-0.3, -0.25) is 4.79 Å². The molecule has 1 aliphatic rings. The first-order valence-corrected chi connectivity index (χ1v) is 9.42. The second kappa shape index (κ2) is 9.18. The number of halogens is 3. The third kappa shape index (κ3) is 6.05. The molecule has 1 atom stereocenters. The van der Waals surface area contributed by atoms with Crippen LogP contribution < -0.4 is 5.32 Å². The summed E-state index contributed by atoms with van der Waals surface area (Å²) in [6, 6.07) is 4.52. The van der Waals surface area contributed by atoms with Crippen molar-refractivity contribution >= 4 is 11.6 Å². The minimum atomic E-state index is -4.37. The zero-order valence-corrected chi connectivity index (χ0v) is 15.5. The van der Waals surface area contributed by atoms with Gasteiger partial charge >= 0.3 is 6.18 Å². The summed E-state index contributed by atoms with van der Waals surface area (Å²) in [6.07, 6.45) is 2.37. The Morgan fingerprint density at radius 1 is 1.14 bits per heavy atom. The van der Waals surface area contributed by atoms with Crippen molar-refractivity contribution in [1.29, 1.82) is 0 Å². The van der Waals surface area contributed by atoms with Gasteiger partial charge in [0.15, 0.2) is 0 Å². The molecule has 1 N–H and O–H groups in total. The van der Waals surface area contributed by atoms with E-state index in [-0.39, 0.29) is 5.91 Å². The molecule has 1 amide bonds. The summed E-state index contributed by atoms with van der Waals surface area (Å²) in [6.45, 7) is 3.77. The van der Waals surface area contributed by atoms with Crippen LogP contribution in [0.25, 0.3) is 0 Å². The van der Waals surface area contributed by atoms with Crippen LogP contribution in [0.3, 0.4) is 0 Å². The van der Waals surface area contributed by atoms with Gasteiger partial charge < -0.3 is 14.8 Å². The first-order valence-electron chi connectivity index (χ1n) is 9.42. The van der Waals surface area contributed by atoms with E-state index in [1.807, 2.05) is 4.57 Å². The molecule has 0 spiro atoms. The molecule has 6 nitrogen and oxygen atoms in total. The third-order valence-electron chi connectivity index (χ3n) is 5.02. The van der Waals surface area contributed by atoms with E-state index in [9.17, 15) is 18.0 Å². The number of nitrogens with one attached hydrogen (secondary N) is 1. The number of piperidine rings is 1. The first kappa shape index (κ1) is 20.3. The van der Waals surface area contributed by atoms with Gasteiger partial charge in [0.25, 0.3) is 0 Å². The summed E-state index contributed by atoms with van der Waals surface area (Å²) >= 11 is 0. The van der Waals surface area contributed by atoms with Crippen LogP contribution in [0.5, 0.6) is 0 Å². The lowest BCUT2D eigenvalue weighted by Crippen LogP contribution is -2.37. The second-order valence-corrected chi connectivity index (χ2v) is 7.17. The number of hydrogen-bond donors (Lipinski definition) is 1. The van der Waals surface area contributed by atoms with E-state index >= 15 is 0 Å². The molecule has 2 aromatic rings. The van der Waals surface area contributed by atoms with Crippen LogP contribution >= 0.6 is 0 Å². The van der Waals surface area contributed by atoms with Crippen molar-refractivity contribution < 1.29 is 18.0 Å². The minimum absolute atomic E-state index is 0.165. The van der Waals surface area contributed by atoms with Crippen molar-refractivity contribution in [3.63, 3.8) is 0 Å². The van der Waals surface area contributed by atoms with Crippen LogP contribution in [0.4, 0.5) is 18.9 Å². The van der Waals surface area contributed by atoms with Gasteiger partial charge in [0.1, 0.15) is 12.7 Å². The van der Waals surface area contributed by atoms with E-state index in [1.165, 1.54) is 12.1 Å². The molecule has 3 rings (SSSR count). The largest absolute Gasteiger partial charge is 0.416 e. The Morgan fingerprint density at radius 2 is 1.86 bits per heavy atom. The molecule has 1 aromatic heterocycles. The van der Waals surface area contributed by atoms with Gasteiger partial charge in [0.2, 0.25) is 5.91 Å². The molecule has 1 aliphatic heterocycles. The summed E-state index contributed by atoms with van der Waals surface area (Å²) in [4.78, 5) is 14.5. The average Bonchev–Trinajstić information content (AvgIpc) is 3.18. The molecular weight excluding hydrogens is 371 g/mol. The van der Waals surface area contributed by atoms with Crippen molar-refractivity contribution in [1.82, 2.24) is 19.7 Å². The maximum Gasteiger partial charge on any atom is 0.416 e. The summed E-state index contributed by atoms with van der Waals surface area (Å²) in [7, 11) is 0. The molecule has 1 aromatic carbocycles. The Balaban J connectivity index is 1.40. The summed E-state index contributed by atoms with van der Waals surface area (Å²) in [5.41, 5.74) is -0.337. The smallest absolute Gasteiger partial charge is 0.326 e. The molecule has 1 saturated heterocycles. The zero-order valence-electron chi connectivity index (χ0n) is 15.5. The fourth-order valence-electron chi connectivity index (χ4n) is 3.49. The predicted octanol–water partition coefficient (Wildman–Crippen LogP) is 3.43. The number of hydrogen-bond acceptors (Lipinski definition) is 4. The Bertz CT molecular complexity index is 746. The Morgan fingerprint density at radius 3 is 2.54 bits per heavy atom. The van der Waals surface area contributed by atoms with Gasteiger partial charge in [-0.15, -0.1) is 10.2 Å². The molecule has 2 heterocycles. The average molecular weight is 395 g/mol. The van der Waals surface area contributed by atoms with Crippen LogP contribution in [-0.4, -0.2) is 45.2 Å². The number of aromatic nitrogens is 3. The van der Waals surface area contributed by atoms with Crippen LogP contribution in [-0.2, 0) is 17.5 Å². The van der Waals surface area contributed by atoms with Crippen molar-refractivity contribution in [3.8, 4) is 0 Å². The Labute approximate surface area is 161 Å². The number of anilines is 1. The lowest BCUT2D eigenvalue weighted by atomic mass is 9.93. The topological polar surface area (TPSA) is 63.1 Å². The van der Waals surface area contributed by atoms with Gasteiger partial charge in [0, 0.05) is 31.7 Å². The Kier molecular flexibility index (Phi) is 6.66. The van der Waals surface area contributed by atoms with Gasteiger partial charge in [-0.05, 0) is 56.0 Å². The fraction of sp³-hybridized carbons (Fsp3) is 0.526. The molecule has 0 unspecified atom stereocenters. The van der Waals surface area contributed by atoms with E-state index in [0.29, 0.717) is 18.0 Å². The SMILES string of the molecule is O=C(CC[C@@H]1CCCN(CCn2cnnc2)C1)Nc1ccc(C(F)(F)F)cc1. The second-order valence-electron chi connectivity index (χ2n) is 7.17. The van der Waals surface area contributed by atoms with E-state index < -0.39 is 11.7 Å². The molecule has 0 radical (unpaired) electrons. The number of likely N-dealkylation sites (tertiary alicyclic amines) is 1. The lowest BCUT2D eigenvalue weighted by Gasteiger charge is -2.32. The van der Waals surface area contributed by atoms with Crippen LogP contribution in [0.2, 0.25) is 0 Å². The van der Waals surface area contributed by atoms with Gasteiger partial charge in [-0.1, -0.05) is 0 Å². The zero-order chi connectivity index (χ0) is 20.0. The maximum absolute atomic E-state index is 12.6. The fourth-order valence-corrected chi connectivity index (χ4v) is 3.49. The quantitative estimate of drug-likeness (QED) is 0.780. The van der Waals surface area contributed by atoms with Crippen LogP contribution in [0.1, 0.15) is 31.2 Å². The van der Waals surface area contributed by atoms with Crippen molar-refractivity contribution in [2.24, 2.45) is 5.92 Å². The van der Waals surface area contributed by atoms with E-state index in [2.05, 4.69) is 20.4 Å². The molecular formula is C19H24F3N5O. The van der Waals surface area contributed by atoms with Crippen molar-refractivity contribution in [2.75, 3.05) is 25.0 Å². The van der Waals surface area contributed by atoms with E-state index in [4.69, 9.17) is 0 Å². The summed E-state index contributed by atoms with van der Waals surface area (Å²) in [5, 5.41) is 10.3. The molecule has 152 valence electrons. The molecule has 0 aliphatic carbocycles. The number of nitrogens with zero attached hydrogens (tertiary/aromatic N) is 4. The maximum atomic E-state index is 12.6. The summed E-state index contributed by atoms with van der Waals surface area (Å²) in [5.74, 6) is 0.286. The Hall–Kier alpha value is -2.42. The van der Waals surface area contributed by atoms with Crippen LogP contribution in [0.15, 0.2) is 36.9 Å². The third-order valence-corrected chi connectivity index (χ3v) is 5.02. The van der Waals surface area contributed by atoms with Gasteiger partial charge in [-0.25, -0.2) is 0 Å². The molecule has 0 saturated carbocycles. The van der Waals surface area contributed by atoms with Crippen molar-refractivity contribution in [2.45, 2.75) is 38.4 Å². The van der Waals surface area contributed by atoms with E-state index in [0.717, 1.165) is 57.6 Å². The highest BCUT2D eigenvalue weighted by atomic mass is 19.4. The molecule has 28 heavy (non-hydrogen) atoms. The minimum Gasteiger partial charge on any atom is -0.326 e. The highest BCUT2D eigenvalue weighted by Crippen LogP contribution is 2.30. The normalized spacial score (nSPS) is 18.2. The monoisotopic (exact) mass is 395 g/mol. The predicted molar refractivity (Wildman–Crippen MR) is 98.5 cm³/mol. The number of carbonyl (C=O) groups excluding carboxylic acids is 1. The number of carbonyl (C=O) groups is 1. The number of alkyl halides is 3.